The van der Waals surface area contributed by atoms with Gasteiger partial charge in [-0.1, -0.05) is 23.7 Å². The number of halogens is 1. The van der Waals surface area contributed by atoms with E-state index in [9.17, 15) is 9.59 Å². The maximum Gasteiger partial charge on any atom is 0.410 e. The van der Waals surface area contributed by atoms with Crippen molar-refractivity contribution in [2.75, 3.05) is 20.6 Å². The zero-order valence-corrected chi connectivity index (χ0v) is 15.3. The lowest BCUT2D eigenvalue weighted by molar-refractivity contribution is -0.132. The average molecular weight is 341 g/mol. The Labute approximate surface area is 143 Å². The van der Waals surface area contributed by atoms with Crippen LogP contribution in [0.3, 0.4) is 0 Å². The minimum atomic E-state index is -0.589. The molecule has 1 atom stereocenters. The highest BCUT2D eigenvalue weighted by Crippen LogP contribution is 2.22. The molecule has 0 aliphatic heterocycles. The number of benzene rings is 1. The standard InChI is InChI=1S/C17H25ClN2O3/c1-12(13-8-7-9-14(18)10-13)20(6)15(21)11-19(5)16(22)23-17(2,3)4/h7-10,12H,11H2,1-6H3. The minimum Gasteiger partial charge on any atom is -0.444 e. The summed E-state index contributed by atoms with van der Waals surface area (Å²) in [5.74, 6) is -0.175. The van der Waals surface area contributed by atoms with E-state index in [1.165, 1.54) is 4.90 Å². The van der Waals surface area contributed by atoms with Crippen molar-refractivity contribution in [2.24, 2.45) is 0 Å². The molecule has 1 aromatic rings. The first-order valence-electron chi connectivity index (χ1n) is 7.46. The summed E-state index contributed by atoms with van der Waals surface area (Å²) < 4.78 is 5.24. The van der Waals surface area contributed by atoms with E-state index in [0.717, 1.165) is 5.56 Å². The number of hydrogen-bond acceptors (Lipinski definition) is 3. The van der Waals surface area contributed by atoms with Crippen molar-refractivity contribution < 1.29 is 14.3 Å². The van der Waals surface area contributed by atoms with Crippen LogP contribution >= 0.6 is 11.6 Å². The first-order chi connectivity index (χ1) is 10.5. The highest BCUT2D eigenvalue weighted by Gasteiger charge is 2.24. The van der Waals surface area contributed by atoms with Gasteiger partial charge in [-0.2, -0.15) is 0 Å². The summed E-state index contributed by atoms with van der Waals surface area (Å²) in [6, 6.07) is 7.23. The molecule has 0 heterocycles. The van der Waals surface area contributed by atoms with Crippen LogP contribution in [0.5, 0.6) is 0 Å². The average Bonchev–Trinajstić information content (AvgIpc) is 2.43. The van der Waals surface area contributed by atoms with Crippen molar-refractivity contribution >= 4 is 23.6 Å². The van der Waals surface area contributed by atoms with E-state index in [1.54, 1.807) is 45.8 Å². The molecule has 0 aliphatic rings. The molecule has 0 aromatic heterocycles. The van der Waals surface area contributed by atoms with Crippen molar-refractivity contribution in [1.82, 2.24) is 9.80 Å². The molecular weight excluding hydrogens is 316 g/mol. The van der Waals surface area contributed by atoms with E-state index in [0.29, 0.717) is 5.02 Å². The van der Waals surface area contributed by atoms with Crippen molar-refractivity contribution in [3.05, 3.63) is 34.9 Å². The summed E-state index contributed by atoms with van der Waals surface area (Å²) in [4.78, 5) is 27.1. The second-order valence-electron chi connectivity index (χ2n) is 6.57. The molecule has 0 saturated carbocycles. The van der Waals surface area contributed by atoms with Crippen LogP contribution in [-0.4, -0.2) is 48.0 Å². The van der Waals surface area contributed by atoms with Gasteiger partial charge in [0.05, 0.1) is 6.04 Å². The van der Waals surface area contributed by atoms with Crippen LogP contribution in [0.25, 0.3) is 0 Å². The Balaban J connectivity index is 2.68. The summed E-state index contributed by atoms with van der Waals surface area (Å²) >= 11 is 5.99. The Bertz CT molecular complexity index is 569. The lowest BCUT2D eigenvalue weighted by atomic mass is 10.1. The summed E-state index contributed by atoms with van der Waals surface area (Å²) in [5, 5.41) is 0.626. The Kier molecular flexibility index (Phi) is 6.45. The summed E-state index contributed by atoms with van der Waals surface area (Å²) in [7, 11) is 3.25. The largest absolute Gasteiger partial charge is 0.444 e. The quantitative estimate of drug-likeness (QED) is 0.839. The van der Waals surface area contributed by atoms with Crippen LogP contribution in [0, 0.1) is 0 Å². The van der Waals surface area contributed by atoms with E-state index in [4.69, 9.17) is 16.3 Å². The number of rotatable bonds is 4. The molecular formula is C17H25ClN2O3. The van der Waals surface area contributed by atoms with Crippen molar-refractivity contribution in [2.45, 2.75) is 39.3 Å². The van der Waals surface area contributed by atoms with Gasteiger partial charge in [0.2, 0.25) is 5.91 Å². The van der Waals surface area contributed by atoms with Gasteiger partial charge in [0.25, 0.3) is 0 Å². The number of hydrogen-bond donors (Lipinski definition) is 0. The third kappa shape index (κ3) is 6.10. The lowest BCUT2D eigenvalue weighted by Crippen LogP contribution is -2.42. The smallest absolute Gasteiger partial charge is 0.410 e. The van der Waals surface area contributed by atoms with Crippen molar-refractivity contribution in [3.63, 3.8) is 0 Å². The summed E-state index contributed by atoms with van der Waals surface area (Å²) in [6.07, 6.45) is -0.519. The molecule has 0 bridgehead atoms. The number of amides is 2. The molecule has 5 nitrogen and oxygen atoms in total. The molecule has 1 rings (SSSR count). The van der Waals surface area contributed by atoms with Gasteiger partial charge in [-0.25, -0.2) is 4.79 Å². The van der Waals surface area contributed by atoms with Gasteiger partial charge in [0.1, 0.15) is 12.1 Å². The lowest BCUT2D eigenvalue weighted by Gasteiger charge is -2.29. The van der Waals surface area contributed by atoms with Crippen molar-refractivity contribution in [1.29, 1.82) is 0 Å². The summed E-state index contributed by atoms with van der Waals surface area (Å²) in [6.45, 7) is 7.23. The Morgan fingerprint density at radius 3 is 2.39 bits per heavy atom. The first kappa shape index (κ1) is 19.3. The van der Waals surface area contributed by atoms with Crippen LogP contribution < -0.4 is 0 Å². The van der Waals surface area contributed by atoms with Gasteiger partial charge in [-0.3, -0.25) is 4.79 Å². The predicted molar refractivity (Wildman–Crippen MR) is 91.5 cm³/mol. The number of carbonyl (C=O) groups excluding carboxylic acids is 2. The van der Waals surface area contributed by atoms with E-state index in [-0.39, 0.29) is 18.5 Å². The second kappa shape index (κ2) is 7.68. The maximum absolute atomic E-state index is 12.4. The molecule has 0 spiro atoms. The fourth-order valence-electron chi connectivity index (χ4n) is 1.92. The number of likely N-dealkylation sites (N-methyl/N-ethyl adjacent to an activating group) is 2. The molecule has 1 aromatic carbocycles. The van der Waals surface area contributed by atoms with Crippen LogP contribution in [0.1, 0.15) is 39.3 Å². The van der Waals surface area contributed by atoms with Crippen LogP contribution in [0.4, 0.5) is 4.79 Å². The first-order valence-corrected chi connectivity index (χ1v) is 7.84. The van der Waals surface area contributed by atoms with Gasteiger partial charge in [0.15, 0.2) is 0 Å². The molecule has 6 heteroatoms. The highest BCUT2D eigenvalue weighted by atomic mass is 35.5. The third-order valence-corrected chi connectivity index (χ3v) is 3.62. The van der Waals surface area contributed by atoms with Gasteiger partial charge in [-0.05, 0) is 45.4 Å². The van der Waals surface area contributed by atoms with Gasteiger partial charge >= 0.3 is 6.09 Å². The second-order valence-corrected chi connectivity index (χ2v) is 7.01. The molecule has 0 aliphatic carbocycles. The van der Waals surface area contributed by atoms with Crippen molar-refractivity contribution in [3.8, 4) is 0 Å². The normalized spacial score (nSPS) is 12.5. The maximum atomic E-state index is 12.4. The zero-order chi connectivity index (χ0) is 17.8. The predicted octanol–water partition coefficient (Wildman–Crippen LogP) is 3.73. The van der Waals surface area contributed by atoms with E-state index < -0.39 is 11.7 Å². The third-order valence-electron chi connectivity index (χ3n) is 3.38. The van der Waals surface area contributed by atoms with Gasteiger partial charge in [0, 0.05) is 19.1 Å². The fourth-order valence-corrected chi connectivity index (χ4v) is 2.12. The molecule has 2 amide bonds. The Hall–Kier alpha value is -1.75. The molecule has 0 N–H and O–H groups in total. The van der Waals surface area contributed by atoms with E-state index >= 15 is 0 Å². The van der Waals surface area contributed by atoms with Crippen LogP contribution in [0.15, 0.2) is 24.3 Å². The Morgan fingerprint density at radius 2 is 1.87 bits per heavy atom. The highest BCUT2D eigenvalue weighted by molar-refractivity contribution is 6.30. The SMILES string of the molecule is CC(c1cccc(Cl)c1)N(C)C(=O)CN(C)C(=O)OC(C)(C)C. The van der Waals surface area contributed by atoms with E-state index in [1.807, 2.05) is 25.1 Å². The zero-order valence-electron chi connectivity index (χ0n) is 14.6. The fraction of sp³-hybridized carbons (Fsp3) is 0.529. The summed E-state index contributed by atoms with van der Waals surface area (Å²) in [5.41, 5.74) is 0.349. The molecule has 0 fully saturated rings. The van der Waals surface area contributed by atoms with Crippen LogP contribution in [0.2, 0.25) is 5.02 Å². The minimum absolute atomic E-state index is 0.0453. The topological polar surface area (TPSA) is 49.9 Å². The Morgan fingerprint density at radius 1 is 1.26 bits per heavy atom. The van der Waals surface area contributed by atoms with Crippen LogP contribution in [-0.2, 0) is 9.53 Å². The molecule has 23 heavy (non-hydrogen) atoms. The number of carbonyl (C=O) groups is 2. The monoisotopic (exact) mass is 340 g/mol. The molecule has 0 radical (unpaired) electrons. The van der Waals surface area contributed by atoms with Gasteiger partial charge in [-0.15, -0.1) is 0 Å². The molecule has 1 unspecified atom stereocenters. The number of nitrogens with zero attached hydrogens (tertiary/aromatic N) is 2. The van der Waals surface area contributed by atoms with E-state index in [2.05, 4.69) is 0 Å². The molecule has 128 valence electrons. The number of ether oxygens (including phenoxy) is 1. The molecule has 0 saturated heterocycles. The van der Waals surface area contributed by atoms with Gasteiger partial charge < -0.3 is 14.5 Å².